The van der Waals surface area contributed by atoms with Crippen LogP contribution in [0.25, 0.3) is 0 Å². The topological polar surface area (TPSA) is 77.8 Å². The van der Waals surface area contributed by atoms with Crippen LogP contribution in [0.2, 0.25) is 0 Å². The van der Waals surface area contributed by atoms with E-state index in [-0.39, 0.29) is 29.6 Å². The van der Waals surface area contributed by atoms with Crippen LogP contribution >= 0.6 is 0 Å². The lowest BCUT2D eigenvalue weighted by Crippen LogP contribution is -2.52. The summed E-state index contributed by atoms with van der Waals surface area (Å²) in [5.41, 5.74) is 0.0224. The Labute approximate surface area is 182 Å². The van der Waals surface area contributed by atoms with Gasteiger partial charge in [-0.1, -0.05) is 46.8 Å². The number of rotatable bonds is 6. The van der Waals surface area contributed by atoms with E-state index >= 15 is 0 Å². The molecule has 0 amide bonds. The van der Waals surface area contributed by atoms with Gasteiger partial charge in [-0.25, -0.2) is 0 Å². The predicted octanol–water partition coefficient (Wildman–Crippen LogP) is 4.29. The second kappa shape index (κ2) is 8.88. The SMILES string of the molecule is CC(C)C=C[C@@H](C)[C@H]1CC[C@@H](C2=C[C@H](O)[C@H]3C[C@@H](O)CC[C@]3(C)C2=O)[C@]1(C)CCO. The van der Waals surface area contributed by atoms with E-state index < -0.39 is 17.6 Å². The Balaban J connectivity index is 1.94. The van der Waals surface area contributed by atoms with Gasteiger partial charge in [0.05, 0.1) is 12.2 Å². The molecule has 8 atom stereocenters. The quantitative estimate of drug-likeness (QED) is 0.563. The van der Waals surface area contributed by atoms with E-state index in [2.05, 4.69) is 39.8 Å². The van der Waals surface area contributed by atoms with E-state index in [1.54, 1.807) is 0 Å². The molecule has 0 radical (unpaired) electrons. The third kappa shape index (κ3) is 4.08. The smallest absolute Gasteiger partial charge is 0.165 e. The monoisotopic (exact) mass is 418 g/mol. The van der Waals surface area contributed by atoms with Crippen LogP contribution in [0.1, 0.15) is 73.1 Å². The molecule has 3 N–H and O–H groups in total. The van der Waals surface area contributed by atoms with E-state index in [9.17, 15) is 20.1 Å². The van der Waals surface area contributed by atoms with Gasteiger partial charge in [0.2, 0.25) is 0 Å². The Morgan fingerprint density at radius 2 is 1.83 bits per heavy atom. The van der Waals surface area contributed by atoms with Crippen LogP contribution in [0.5, 0.6) is 0 Å². The Kier molecular flexibility index (Phi) is 7.01. The molecular weight excluding hydrogens is 376 g/mol. The third-order valence-electron chi connectivity index (χ3n) is 8.75. The molecule has 0 aromatic carbocycles. The van der Waals surface area contributed by atoms with Crippen molar-refractivity contribution in [3.8, 4) is 0 Å². The first-order valence-electron chi connectivity index (χ1n) is 12.0. The summed E-state index contributed by atoms with van der Waals surface area (Å²) in [7, 11) is 0. The van der Waals surface area contributed by atoms with Crippen LogP contribution in [0.15, 0.2) is 23.8 Å². The molecule has 3 aliphatic carbocycles. The van der Waals surface area contributed by atoms with Crippen molar-refractivity contribution in [2.75, 3.05) is 6.61 Å². The van der Waals surface area contributed by atoms with E-state index in [4.69, 9.17) is 0 Å². The van der Waals surface area contributed by atoms with Crippen molar-refractivity contribution in [3.63, 3.8) is 0 Å². The molecule has 3 rings (SSSR count). The van der Waals surface area contributed by atoms with Crippen molar-refractivity contribution in [2.45, 2.75) is 85.4 Å². The molecule has 4 heteroatoms. The molecule has 0 aromatic heterocycles. The Morgan fingerprint density at radius 3 is 2.47 bits per heavy atom. The van der Waals surface area contributed by atoms with Crippen LogP contribution in [0, 0.1) is 40.4 Å². The average molecular weight is 419 g/mol. The minimum Gasteiger partial charge on any atom is -0.396 e. The number of carbonyl (C=O) groups is 1. The zero-order chi connectivity index (χ0) is 22.3. The van der Waals surface area contributed by atoms with Gasteiger partial charge in [-0.3, -0.25) is 4.79 Å². The molecule has 2 fully saturated rings. The zero-order valence-electron chi connectivity index (χ0n) is 19.5. The first-order chi connectivity index (χ1) is 14.0. The largest absolute Gasteiger partial charge is 0.396 e. The molecule has 0 aliphatic heterocycles. The standard InChI is InChI=1S/C26H42O4/c1-16(2)6-7-17(3)20-8-9-21(25(20,4)12-13-27)19-15-23(29)22-14-18(28)10-11-26(22,5)24(19)30/h6-7,15-18,20-23,27-29H,8-14H2,1-5H3/t17-,18+,20-,21+,22-,23+,25-,26+/m1/s1. The number of hydrogen-bond acceptors (Lipinski definition) is 4. The van der Waals surface area contributed by atoms with E-state index in [0.29, 0.717) is 43.4 Å². The lowest BCUT2D eigenvalue weighted by molar-refractivity contribution is -0.138. The second-order valence-corrected chi connectivity index (χ2v) is 11.1. The molecule has 0 aromatic rings. The van der Waals surface area contributed by atoms with Crippen LogP contribution in [-0.2, 0) is 4.79 Å². The Hall–Kier alpha value is -0.970. The van der Waals surface area contributed by atoms with Crippen LogP contribution in [0.3, 0.4) is 0 Å². The van der Waals surface area contributed by atoms with Crippen molar-refractivity contribution in [2.24, 2.45) is 40.4 Å². The number of fused-ring (bicyclic) bond motifs is 1. The van der Waals surface area contributed by atoms with E-state index in [1.165, 1.54) is 0 Å². The highest BCUT2D eigenvalue weighted by atomic mass is 16.3. The molecule has 0 spiro atoms. The van der Waals surface area contributed by atoms with Gasteiger partial charge >= 0.3 is 0 Å². The molecule has 2 saturated carbocycles. The summed E-state index contributed by atoms with van der Waals surface area (Å²) in [5, 5.41) is 31.0. The number of aliphatic hydroxyl groups is 3. The van der Waals surface area contributed by atoms with Gasteiger partial charge in [0.1, 0.15) is 0 Å². The third-order valence-corrected chi connectivity index (χ3v) is 8.75. The number of allylic oxidation sites excluding steroid dienone is 3. The maximum atomic E-state index is 13.8. The first-order valence-corrected chi connectivity index (χ1v) is 12.0. The van der Waals surface area contributed by atoms with Gasteiger partial charge in [0.15, 0.2) is 5.78 Å². The molecule has 170 valence electrons. The fourth-order valence-corrected chi connectivity index (χ4v) is 6.87. The van der Waals surface area contributed by atoms with Crippen LogP contribution in [-0.4, -0.2) is 39.9 Å². The number of hydrogen-bond donors (Lipinski definition) is 3. The second-order valence-electron chi connectivity index (χ2n) is 11.1. The van der Waals surface area contributed by atoms with Gasteiger partial charge in [-0.15, -0.1) is 0 Å². The highest BCUT2D eigenvalue weighted by Gasteiger charge is 2.56. The lowest BCUT2D eigenvalue weighted by atomic mass is 9.55. The fraction of sp³-hybridized carbons (Fsp3) is 0.808. The van der Waals surface area contributed by atoms with Gasteiger partial charge in [-0.05, 0) is 79.3 Å². The molecule has 0 heterocycles. The summed E-state index contributed by atoms with van der Waals surface area (Å²) < 4.78 is 0. The Bertz CT molecular complexity index is 695. The van der Waals surface area contributed by atoms with Crippen molar-refractivity contribution in [3.05, 3.63) is 23.8 Å². The highest BCUT2D eigenvalue weighted by Crippen LogP contribution is 2.59. The van der Waals surface area contributed by atoms with Gasteiger partial charge < -0.3 is 15.3 Å². The molecule has 0 bridgehead atoms. The minimum absolute atomic E-state index is 0.0660. The normalized spacial score (nSPS) is 43.2. The molecule has 0 unspecified atom stereocenters. The Morgan fingerprint density at radius 1 is 1.13 bits per heavy atom. The van der Waals surface area contributed by atoms with Crippen LogP contribution < -0.4 is 0 Å². The molecule has 4 nitrogen and oxygen atoms in total. The number of ketones is 1. The molecular formula is C26H42O4. The van der Waals surface area contributed by atoms with Gasteiger partial charge in [-0.2, -0.15) is 0 Å². The van der Waals surface area contributed by atoms with Gasteiger partial charge in [0.25, 0.3) is 0 Å². The zero-order valence-corrected chi connectivity index (χ0v) is 19.5. The van der Waals surface area contributed by atoms with Crippen molar-refractivity contribution in [1.82, 2.24) is 0 Å². The number of Topliss-reactive ketones (excluding diaryl/α,β-unsaturated/α-hetero) is 1. The lowest BCUT2D eigenvalue weighted by Gasteiger charge is -2.49. The van der Waals surface area contributed by atoms with Crippen molar-refractivity contribution < 1.29 is 20.1 Å². The summed E-state index contributed by atoms with van der Waals surface area (Å²) in [5.74, 6) is 1.32. The first kappa shape index (κ1) is 23.7. The maximum absolute atomic E-state index is 13.8. The minimum atomic E-state index is -0.687. The van der Waals surface area contributed by atoms with Crippen molar-refractivity contribution >= 4 is 5.78 Å². The molecule has 0 saturated heterocycles. The van der Waals surface area contributed by atoms with Crippen molar-refractivity contribution in [1.29, 1.82) is 0 Å². The molecule has 30 heavy (non-hydrogen) atoms. The summed E-state index contributed by atoms with van der Waals surface area (Å²) in [4.78, 5) is 13.8. The summed E-state index contributed by atoms with van der Waals surface area (Å²) >= 11 is 0. The maximum Gasteiger partial charge on any atom is 0.165 e. The van der Waals surface area contributed by atoms with Gasteiger partial charge in [0, 0.05) is 17.9 Å². The summed E-state index contributed by atoms with van der Waals surface area (Å²) in [6, 6.07) is 0. The molecule has 3 aliphatic rings. The van der Waals surface area contributed by atoms with Crippen LogP contribution in [0.4, 0.5) is 0 Å². The van der Waals surface area contributed by atoms with E-state index in [0.717, 1.165) is 18.4 Å². The average Bonchev–Trinajstić information content (AvgIpc) is 3.01. The predicted molar refractivity (Wildman–Crippen MR) is 120 cm³/mol. The number of aliphatic hydroxyl groups excluding tert-OH is 3. The summed E-state index contributed by atoms with van der Waals surface area (Å²) in [6.07, 6.45) is 9.63. The summed E-state index contributed by atoms with van der Waals surface area (Å²) in [6.45, 7) is 11.0. The number of carbonyl (C=O) groups excluding carboxylic acids is 1. The fourth-order valence-electron chi connectivity index (χ4n) is 6.87. The van der Waals surface area contributed by atoms with E-state index in [1.807, 2.05) is 13.0 Å². The highest BCUT2D eigenvalue weighted by molar-refractivity contribution is 6.01.